The zero-order valence-electron chi connectivity index (χ0n) is 20.3. The number of thiazole rings is 1. The van der Waals surface area contributed by atoms with Crippen molar-refractivity contribution in [2.45, 2.75) is 45.2 Å². The predicted octanol–water partition coefficient (Wildman–Crippen LogP) is 3.43. The Balaban J connectivity index is 2.01. The Morgan fingerprint density at radius 2 is 1.77 bits per heavy atom. The smallest absolute Gasteiger partial charge is 0.326 e. The molecular formula is C24H29N3O6S2. The average Bonchev–Trinajstić information content (AvgIpc) is 3.14. The molecule has 9 nitrogen and oxygen atoms in total. The summed E-state index contributed by atoms with van der Waals surface area (Å²) < 4.78 is 39.7. The molecule has 1 amide bonds. The summed E-state index contributed by atoms with van der Waals surface area (Å²) in [5.74, 6) is -0.329. The molecule has 0 bridgehead atoms. The van der Waals surface area contributed by atoms with Crippen molar-refractivity contribution in [2.75, 3.05) is 20.3 Å². The number of hydrogen-bond donors (Lipinski definition) is 0. The van der Waals surface area contributed by atoms with Crippen LogP contribution in [0.2, 0.25) is 0 Å². The van der Waals surface area contributed by atoms with Gasteiger partial charge in [0.25, 0.3) is 5.91 Å². The number of fused-ring (bicyclic) bond motifs is 1. The van der Waals surface area contributed by atoms with Gasteiger partial charge in [-0.25, -0.2) is 8.42 Å². The summed E-state index contributed by atoms with van der Waals surface area (Å²) in [6.45, 7) is 7.81. The highest BCUT2D eigenvalue weighted by Crippen LogP contribution is 2.24. The summed E-state index contributed by atoms with van der Waals surface area (Å²) in [5.41, 5.74) is 0.947. The normalized spacial score (nSPS) is 12.5. The molecule has 3 aromatic rings. The first kappa shape index (κ1) is 26.6. The molecule has 1 aromatic heterocycles. The van der Waals surface area contributed by atoms with Crippen LogP contribution in [0.1, 0.15) is 38.1 Å². The van der Waals surface area contributed by atoms with Gasteiger partial charge >= 0.3 is 5.97 Å². The van der Waals surface area contributed by atoms with Crippen LogP contribution >= 0.6 is 11.3 Å². The number of carbonyl (C=O) groups excluding carboxylic acids is 2. The summed E-state index contributed by atoms with van der Waals surface area (Å²) in [7, 11) is -2.16. The van der Waals surface area contributed by atoms with Crippen LogP contribution in [0.5, 0.6) is 5.75 Å². The molecule has 188 valence electrons. The van der Waals surface area contributed by atoms with Crippen molar-refractivity contribution in [1.29, 1.82) is 0 Å². The van der Waals surface area contributed by atoms with Gasteiger partial charge in [-0.05, 0) is 70.2 Å². The Hall–Kier alpha value is -3.02. The molecule has 0 aliphatic rings. The third kappa shape index (κ3) is 5.98. The van der Waals surface area contributed by atoms with E-state index in [-0.39, 0.29) is 29.7 Å². The molecule has 0 aliphatic carbocycles. The van der Waals surface area contributed by atoms with E-state index in [0.29, 0.717) is 17.2 Å². The van der Waals surface area contributed by atoms with Gasteiger partial charge in [0, 0.05) is 18.7 Å². The van der Waals surface area contributed by atoms with Gasteiger partial charge in [-0.15, -0.1) is 0 Å². The zero-order valence-corrected chi connectivity index (χ0v) is 22.0. The fourth-order valence-corrected chi connectivity index (χ4v) is 5.67. The van der Waals surface area contributed by atoms with Crippen molar-refractivity contribution in [3.8, 4) is 5.75 Å². The molecule has 0 N–H and O–H groups in total. The summed E-state index contributed by atoms with van der Waals surface area (Å²) in [6.07, 6.45) is 0. The highest BCUT2D eigenvalue weighted by molar-refractivity contribution is 7.89. The highest BCUT2D eigenvalue weighted by Gasteiger charge is 2.23. The maximum atomic E-state index is 13.0. The minimum atomic E-state index is -3.67. The van der Waals surface area contributed by atoms with Crippen LogP contribution in [0.4, 0.5) is 0 Å². The fraction of sp³-hybridized carbons (Fsp3) is 0.375. The average molecular weight is 520 g/mol. The molecule has 0 saturated carbocycles. The van der Waals surface area contributed by atoms with E-state index in [2.05, 4.69) is 4.99 Å². The Morgan fingerprint density at radius 3 is 2.37 bits per heavy atom. The molecule has 0 radical (unpaired) electrons. The summed E-state index contributed by atoms with van der Waals surface area (Å²) >= 11 is 1.25. The lowest BCUT2D eigenvalue weighted by Crippen LogP contribution is -2.33. The van der Waals surface area contributed by atoms with E-state index in [1.165, 1.54) is 47.0 Å². The Morgan fingerprint density at radius 1 is 1.09 bits per heavy atom. The number of hydrogen-bond acceptors (Lipinski definition) is 7. The van der Waals surface area contributed by atoms with Gasteiger partial charge in [0.15, 0.2) is 4.80 Å². The summed E-state index contributed by atoms with van der Waals surface area (Å²) in [4.78, 5) is 29.8. The summed E-state index contributed by atoms with van der Waals surface area (Å²) in [6, 6.07) is 10.9. The third-order valence-electron chi connectivity index (χ3n) is 5.26. The third-order valence-corrected chi connectivity index (χ3v) is 8.35. The monoisotopic (exact) mass is 519 g/mol. The molecule has 11 heteroatoms. The SMILES string of the molecule is CCOC(=O)Cn1c(=NC(=O)c2ccc(S(=O)(=O)N(C)C(C)C)cc2)sc2cc(OCC)ccc21. The van der Waals surface area contributed by atoms with Gasteiger partial charge in [0.05, 0.1) is 28.3 Å². The number of rotatable bonds is 9. The lowest BCUT2D eigenvalue weighted by molar-refractivity contribution is -0.143. The molecule has 0 aliphatic heterocycles. The number of amides is 1. The maximum Gasteiger partial charge on any atom is 0.326 e. The van der Waals surface area contributed by atoms with Crippen LogP contribution in [0.3, 0.4) is 0 Å². The molecule has 0 atom stereocenters. The molecule has 0 spiro atoms. The van der Waals surface area contributed by atoms with Crippen molar-refractivity contribution < 1.29 is 27.5 Å². The van der Waals surface area contributed by atoms with Crippen LogP contribution in [0, 0.1) is 0 Å². The van der Waals surface area contributed by atoms with Crippen molar-refractivity contribution in [2.24, 2.45) is 4.99 Å². The van der Waals surface area contributed by atoms with E-state index >= 15 is 0 Å². The molecule has 2 aromatic carbocycles. The quantitative estimate of drug-likeness (QED) is 0.401. The number of carbonyl (C=O) groups is 2. The highest BCUT2D eigenvalue weighted by atomic mass is 32.2. The lowest BCUT2D eigenvalue weighted by atomic mass is 10.2. The standard InChI is InChI=1S/C24H29N3O6S2/c1-6-32-18-10-13-20-21(14-18)34-24(27(20)15-22(28)33-7-2)25-23(29)17-8-11-19(12-9-17)35(30,31)26(5)16(3)4/h8-14,16H,6-7,15H2,1-5H3. The minimum Gasteiger partial charge on any atom is -0.494 e. The van der Waals surface area contributed by atoms with Crippen LogP contribution in [0.15, 0.2) is 52.4 Å². The molecular weight excluding hydrogens is 490 g/mol. The molecule has 0 fully saturated rings. The van der Waals surface area contributed by atoms with E-state index in [0.717, 1.165) is 10.2 Å². The molecule has 1 heterocycles. The van der Waals surface area contributed by atoms with Gasteiger partial charge < -0.3 is 14.0 Å². The molecule has 0 saturated heterocycles. The maximum absolute atomic E-state index is 13.0. The van der Waals surface area contributed by atoms with E-state index in [9.17, 15) is 18.0 Å². The number of ether oxygens (including phenoxy) is 2. The van der Waals surface area contributed by atoms with Crippen molar-refractivity contribution >= 4 is 43.5 Å². The van der Waals surface area contributed by atoms with Gasteiger partial charge in [-0.3, -0.25) is 9.59 Å². The second-order valence-electron chi connectivity index (χ2n) is 7.89. The second kappa shape index (κ2) is 11.1. The van der Waals surface area contributed by atoms with Crippen LogP contribution in [0.25, 0.3) is 10.2 Å². The van der Waals surface area contributed by atoms with Crippen molar-refractivity contribution in [3.05, 3.63) is 52.8 Å². The first-order chi connectivity index (χ1) is 16.6. The zero-order chi connectivity index (χ0) is 25.8. The topological polar surface area (TPSA) is 107 Å². The van der Waals surface area contributed by atoms with E-state index in [4.69, 9.17) is 9.47 Å². The van der Waals surface area contributed by atoms with Crippen molar-refractivity contribution in [3.63, 3.8) is 0 Å². The summed E-state index contributed by atoms with van der Waals surface area (Å²) in [5, 5.41) is 0. The van der Waals surface area contributed by atoms with E-state index < -0.39 is 21.9 Å². The van der Waals surface area contributed by atoms with Gasteiger partial charge in [-0.2, -0.15) is 9.30 Å². The lowest BCUT2D eigenvalue weighted by Gasteiger charge is -2.20. The van der Waals surface area contributed by atoms with Crippen molar-refractivity contribution in [1.82, 2.24) is 8.87 Å². The first-order valence-corrected chi connectivity index (χ1v) is 13.4. The van der Waals surface area contributed by atoms with E-state index in [1.54, 1.807) is 31.4 Å². The largest absolute Gasteiger partial charge is 0.494 e. The van der Waals surface area contributed by atoms with Crippen LogP contribution in [-0.2, 0) is 26.1 Å². The second-order valence-corrected chi connectivity index (χ2v) is 10.9. The van der Waals surface area contributed by atoms with Gasteiger partial charge in [0.2, 0.25) is 10.0 Å². The van der Waals surface area contributed by atoms with Crippen LogP contribution < -0.4 is 9.54 Å². The number of sulfonamides is 1. The Kier molecular flexibility index (Phi) is 8.47. The molecule has 3 rings (SSSR count). The number of esters is 1. The fourth-order valence-electron chi connectivity index (χ4n) is 3.25. The molecule has 0 unspecified atom stereocenters. The number of benzene rings is 2. The molecule has 35 heavy (non-hydrogen) atoms. The number of aromatic nitrogens is 1. The van der Waals surface area contributed by atoms with Gasteiger partial charge in [0.1, 0.15) is 12.3 Å². The Bertz CT molecular complexity index is 1390. The Labute approximate surface area is 208 Å². The predicted molar refractivity (Wildman–Crippen MR) is 134 cm³/mol. The van der Waals surface area contributed by atoms with Gasteiger partial charge in [-0.1, -0.05) is 11.3 Å². The first-order valence-electron chi connectivity index (χ1n) is 11.2. The number of nitrogens with zero attached hydrogens (tertiary/aromatic N) is 3. The minimum absolute atomic E-state index is 0.0907. The van der Waals surface area contributed by atoms with Crippen LogP contribution in [-0.4, -0.2) is 55.5 Å². The van der Waals surface area contributed by atoms with E-state index in [1.807, 2.05) is 19.1 Å².